The lowest BCUT2D eigenvalue weighted by Gasteiger charge is -2.32. The maximum atomic E-state index is 11.2. The van der Waals surface area contributed by atoms with Crippen molar-refractivity contribution in [1.29, 1.82) is 0 Å². The number of ether oxygens (including phenoxy) is 2. The van der Waals surface area contributed by atoms with Crippen LogP contribution in [-0.2, 0) is 43.5 Å². The summed E-state index contributed by atoms with van der Waals surface area (Å²) in [5.41, 5.74) is 5.21. The van der Waals surface area contributed by atoms with Crippen LogP contribution in [0.15, 0.2) is 84.9 Å². The Bertz CT molecular complexity index is 1890. The van der Waals surface area contributed by atoms with Crippen LogP contribution in [0.3, 0.4) is 0 Å². The highest BCUT2D eigenvalue weighted by Crippen LogP contribution is 2.48. The van der Waals surface area contributed by atoms with Crippen LogP contribution in [0.1, 0.15) is 66.0 Å². The van der Waals surface area contributed by atoms with Crippen molar-refractivity contribution in [3.8, 4) is 0 Å². The molecule has 0 amide bonds. The van der Waals surface area contributed by atoms with Crippen LogP contribution in [-0.4, -0.2) is 71.7 Å². The summed E-state index contributed by atoms with van der Waals surface area (Å²) < 4.78 is 12.7. The van der Waals surface area contributed by atoms with E-state index in [0.717, 1.165) is 59.1 Å². The molecule has 282 valence electrons. The van der Waals surface area contributed by atoms with Crippen molar-refractivity contribution in [2.24, 2.45) is 0 Å². The van der Waals surface area contributed by atoms with E-state index in [-0.39, 0.29) is 6.54 Å². The van der Waals surface area contributed by atoms with Crippen LogP contribution >= 0.6 is 46.4 Å². The molecule has 2 aliphatic heterocycles. The molecule has 2 aliphatic rings. The maximum Gasteiger partial charge on any atom is 0.320 e. The minimum absolute atomic E-state index is 0.0250. The van der Waals surface area contributed by atoms with Crippen LogP contribution in [0, 0.1) is 0 Å². The van der Waals surface area contributed by atoms with Gasteiger partial charge in [0.15, 0.2) is 0 Å². The van der Waals surface area contributed by atoms with Gasteiger partial charge < -0.3 is 19.7 Å². The molecule has 0 spiro atoms. The van der Waals surface area contributed by atoms with Crippen molar-refractivity contribution >= 4 is 58.3 Å². The van der Waals surface area contributed by atoms with Crippen LogP contribution in [0.4, 0.5) is 0 Å². The standard InChI is InChI=1S/C21H23Cl2NO3.C20H21Cl2NO3/c1-14(20(25)26)24(2)11-3-10-21(16-4-6-17(22)7-5-16)19-9-8-18(23)12-15(19)13-27-21;1-23(12-19(24)25)11-3-10-20(14-6-8-15(21)9-7-14)17-4-2-5-18(22)16(17)13-26-20/h4-9,12,14H,3,10-11,13H2,1-2H3,(H,25,26);2,4-9H,3,10-13H2,1H3,(H,24,25). The Morgan fingerprint density at radius 2 is 1.28 bits per heavy atom. The monoisotopic (exact) mass is 800 g/mol. The minimum atomic E-state index is -0.825. The highest BCUT2D eigenvalue weighted by Gasteiger charge is 2.43. The molecule has 0 bridgehead atoms. The van der Waals surface area contributed by atoms with Gasteiger partial charge in [0.2, 0.25) is 0 Å². The predicted molar refractivity (Wildman–Crippen MR) is 210 cm³/mol. The van der Waals surface area contributed by atoms with Crippen molar-refractivity contribution in [1.82, 2.24) is 9.80 Å². The zero-order valence-electron chi connectivity index (χ0n) is 30.0. The molecule has 0 aliphatic carbocycles. The van der Waals surface area contributed by atoms with Crippen molar-refractivity contribution < 1.29 is 29.3 Å². The summed E-state index contributed by atoms with van der Waals surface area (Å²) in [6.45, 7) is 4.01. The third-order valence-corrected chi connectivity index (χ3v) is 11.2. The summed E-state index contributed by atoms with van der Waals surface area (Å²) in [7, 11) is 3.64. The van der Waals surface area contributed by atoms with Crippen molar-refractivity contribution in [3.05, 3.63) is 138 Å². The molecule has 3 unspecified atom stereocenters. The third-order valence-electron chi connectivity index (χ3n) is 10.1. The van der Waals surface area contributed by atoms with E-state index in [2.05, 4.69) is 6.07 Å². The van der Waals surface area contributed by atoms with E-state index in [4.69, 9.17) is 61.0 Å². The maximum absolute atomic E-state index is 11.2. The summed E-state index contributed by atoms with van der Waals surface area (Å²) in [6.07, 6.45) is 3.04. The van der Waals surface area contributed by atoms with E-state index in [1.807, 2.05) is 97.9 Å². The number of carboxylic acids is 2. The van der Waals surface area contributed by atoms with Crippen molar-refractivity contribution in [3.63, 3.8) is 0 Å². The summed E-state index contributed by atoms with van der Waals surface area (Å²) in [4.78, 5) is 25.7. The molecule has 0 saturated heterocycles. The van der Waals surface area contributed by atoms with Gasteiger partial charge in [-0.1, -0.05) is 88.9 Å². The van der Waals surface area contributed by atoms with E-state index >= 15 is 0 Å². The number of carbonyl (C=O) groups is 2. The summed E-state index contributed by atoms with van der Waals surface area (Å²) in [5.74, 6) is -1.64. The summed E-state index contributed by atoms with van der Waals surface area (Å²) in [5, 5.41) is 20.9. The van der Waals surface area contributed by atoms with Gasteiger partial charge in [0.05, 0.1) is 19.8 Å². The molecule has 2 heterocycles. The second-order valence-electron chi connectivity index (χ2n) is 13.6. The highest BCUT2D eigenvalue weighted by atomic mass is 35.5. The Morgan fingerprint density at radius 1 is 0.736 bits per heavy atom. The van der Waals surface area contributed by atoms with Gasteiger partial charge in [-0.05, 0) is 130 Å². The van der Waals surface area contributed by atoms with Gasteiger partial charge in [-0.2, -0.15) is 0 Å². The molecule has 53 heavy (non-hydrogen) atoms. The topological polar surface area (TPSA) is 99.5 Å². The molecular formula is C41H44Cl4N2O6. The number of likely N-dealkylation sites (N-methyl/N-ethyl adjacent to an activating group) is 2. The minimum Gasteiger partial charge on any atom is -0.480 e. The van der Waals surface area contributed by atoms with Crippen LogP contribution in [0.25, 0.3) is 0 Å². The van der Waals surface area contributed by atoms with Crippen LogP contribution in [0.5, 0.6) is 0 Å². The Hall–Kier alpha value is -3.18. The summed E-state index contributed by atoms with van der Waals surface area (Å²) in [6, 6.07) is 26.7. The fraction of sp³-hybridized carbons (Fsp3) is 0.366. The number of benzene rings is 4. The Kier molecular flexibility index (Phi) is 13.9. The average Bonchev–Trinajstić information content (AvgIpc) is 3.68. The zero-order valence-corrected chi connectivity index (χ0v) is 33.0. The first-order valence-electron chi connectivity index (χ1n) is 17.5. The van der Waals surface area contributed by atoms with Gasteiger partial charge in [0.1, 0.15) is 17.2 Å². The molecule has 12 heteroatoms. The molecule has 0 fully saturated rings. The number of carboxylic acid groups (broad SMARTS) is 2. The van der Waals surface area contributed by atoms with E-state index in [0.29, 0.717) is 46.4 Å². The summed E-state index contributed by atoms with van der Waals surface area (Å²) >= 11 is 24.7. The molecule has 3 atom stereocenters. The molecule has 6 rings (SSSR count). The second kappa shape index (κ2) is 18.0. The van der Waals surface area contributed by atoms with Gasteiger partial charge >= 0.3 is 11.9 Å². The third kappa shape index (κ3) is 9.56. The van der Waals surface area contributed by atoms with Gasteiger partial charge in [-0.3, -0.25) is 19.4 Å². The molecule has 2 N–H and O–H groups in total. The number of nitrogens with zero attached hydrogens (tertiary/aromatic N) is 2. The van der Waals surface area contributed by atoms with Gasteiger partial charge in [-0.25, -0.2) is 0 Å². The smallest absolute Gasteiger partial charge is 0.320 e. The lowest BCUT2D eigenvalue weighted by molar-refractivity contribution is -0.142. The molecular weight excluding hydrogens is 758 g/mol. The molecule has 8 nitrogen and oxygen atoms in total. The molecule has 0 aromatic heterocycles. The first kappa shape index (κ1) is 41.0. The van der Waals surface area contributed by atoms with E-state index in [9.17, 15) is 14.7 Å². The number of fused-ring (bicyclic) bond motifs is 2. The van der Waals surface area contributed by atoms with Gasteiger partial charge in [0.25, 0.3) is 0 Å². The number of aliphatic carboxylic acids is 2. The zero-order chi connectivity index (χ0) is 38.3. The average molecular weight is 803 g/mol. The fourth-order valence-electron chi connectivity index (χ4n) is 7.20. The first-order valence-corrected chi connectivity index (χ1v) is 19.0. The van der Waals surface area contributed by atoms with E-state index < -0.39 is 29.2 Å². The Labute approximate surface area is 331 Å². The lowest BCUT2D eigenvalue weighted by atomic mass is 9.82. The van der Waals surface area contributed by atoms with Crippen LogP contribution in [0.2, 0.25) is 20.1 Å². The Morgan fingerprint density at radius 3 is 1.87 bits per heavy atom. The van der Waals surface area contributed by atoms with Gasteiger partial charge in [-0.15, -0.1) is 0 Å². The second-order valence-corrected chi connectivity index (χ2v) is 15.4. The predicted octanol–water partition coefficient (Wildman–Crippen LogP) is 9.52. The van der Waals surface area contributed by atoms with Gasteiger partial charge in [0, 0.05) is 25.7 Å². The van der Waals surface area contributed by atoms with Crippen molar-refractivity contribution in [2.45, 2.75) is 63.1 Å². The number of hydrogen-bond donors (Lipinski definition) is 2. The van der Waals surface area contributed by atoms with E-state index in [1.54, 1.807) is 11.8 Å². The first-order chi connectivity index (χ1) is 25.3. The van der Waals surface area contributed by atoms with Crippen molar-refractivity contribution in [2.75, 3.05) is 33.7 Å². The molecule has 0 radical (unpaired) electrons. The lowest BCUT2D eigenvalue weighted by Crippen LogP contribution is -2.37. The molecule has 4 aromatic carbocycles. The normalized spacial score (nSPS) is 19.4. The van der Waals surface area contributed by atoms with Crippen LogP contribution < -0.4 is 0 Å². The largest absolute Gasteiger partial charge is 0.480 e. The fourth-order valence-corrected chi connectivity index (χ4v) is 7.87. The number of halogens is 4. The van der Waals surface area contributed by atoms with E-state index in [1.165, 1.54) is 0 Å². The molecule has 0 saturated carbocycles. The SMILES string of the molecule is CC(C(=O)O)N(C)CCCC1(c2ccc(Cl)cc2)OCc2cc(Cl)ccc21.CN(CCCC1(c2ccc(Cl)cc2)OCc2c(Cl)cccc21)CC(=O)O. The number of hydrogen-bond acceptors (Lipinski definition) is 6. The highest BCUT2D eigenvalue weighted by molar-refractivity contribution is 6.32. The number of rotatable bonds is 14. The Balaban J connectivity index is 0.000000204. The molecule has 4 aromatic rings. The quantitative estimate of drug-likeness (QED) is 0.130.